The molecule has 0 rings (SSSR count). The van der Waals surface area contributed by atoms with E-state index in [9.17, 15) is 9.59 Å². The molecule has 42 heavy (non-hydrogen) atoms. The molecule has 0 heterocycles. The number of carbonyl (C=O) groups excluding carboxylic acids is 2. The van der Waals surface area contributed by atoms with Crippen molar-refractivity contribution in [1.29, 1.82) is 0 Å². The van der Waals surface area contributed by atoms with Crippen LogP contribution in [0.15, 0.2) is 0 Å². The summed E-state index contributed by atoms with van der Waals surface area (Å²) in [7, 11) is 4.07. The van der Waals surface area contributed by atoms with Crippen molar-refractivity contribution in [3.63, 3.8) is 0 Å². The molecular formula is C37H73NO4. The highest BCUT2D eigenvalue weighted by molar-refractivity contribution is 5.72. The van der Waals surface area contributed by atoms with E-state index in [2.05, 4.69) is 25.7 Å². The van der Waals surface area contributed by atoms with Crippen molar-refractivity contribution in [2.45, 2.75) is 194 Å². The smallest absolute Gasteiger partial charge is 0.308 e. The van der Waals surface area contributed by atoms with Gasteiger partial charge in [0.2, 0.25) is 0 Å². The summed E-state index contributed by atoms with van der Waals surface area (Å²) in [6, 6.07) is 0. The molecule has 5 nitrogen and oxygen atoms in total. The second-order valence-corrected chi connectivity index (χ2v) is 13.0. The van der Waals surface area contributed by atoms with Crippen LogP contribution in [0.5, 0.6) is 0 Å². The third-order valence-electron chi connectivity index (χ3n) is 8.47. The number of unbranched alkanes of at least 4 members (excludes halogenated alkanes) is 16. The van der Waals surface area contributed by atoms with E-state index in [0.717, 1.165) is 70.8 Å². The van der Waals surface area contributed by atoms with E-state index in [4.69, 9.17) is 9.47 Å². The molecule has 0 radical (unpaired) electrons. The van der Waals surface area contributed by atoms with Crippen molar-refractivity contribution in [2.24, 2.45) is 5.92 Å². The number of rotatable bonds is 32. The maximum Gasteiger partial charge on any atom is 0.308 e. The highest BCUT2D eigenvalue weighted by Crippen LogP contribution is 2.21. The lowest BCUT2D eigenvalue weighted by molar-refractivity contribution is -0.150. The molecular weight excluding hydrogens is 522 g/mol. The van der Waals surface area contributed by atoms with Crippen molar-refractivity contribution in [1.82, 2.24) is 4.90 Å². The van der Waals surface area contributed by atoms with E-state index < -0.39 is 0 Å². The number of hydrogen-bond donors (Lipinski definition) is 0. The Kier molecular flexibility index (Phi) is 30.5. The lowest BCUT2D eigenvalue weighted by Crippen LogP contribution is -2.21. The van der Waals surface area contributed by atoms with Gasteiger partial charge in [0.15, 0.2) is 0 Å². The van der Waals surface area contributed by atoms with Crippen LogP contribution in [0.1, 0.15) is 188 Å². The lowest BCUT2D eigenvalue weighted by Gasteiger charge is -2.19. The zero-order valence-electron chi connectivity index (χ0n) is 29.0. The third kappa shape index (κ3) is 27.7. The van der Waals surface area contributed by atoms with Crippen LogP contribution in [0.4, 0.5) is 0 Å². The molecule has 0 saturated heterocycles. The van der Waals surface area contributed by atoms with Crippen LogP contribution in [0.3, 0.4) is 0 Å². The first-order valence-electron chi connectivity index (χ1n) is 18.4. The lowest BCUT2D eigenvalue weighted by atomic mass is 9.94. The molecule has 0 bridgehead atoms. The highest BCUT2D eigenvalue weighted by atomic mass is 16.5. The standard InChI is InChI=1S/C37H73NO4/c1-6-9-12-15-17-18-20-23-29-35(42-36(39)31-26-32-38(4)5)30-24-25-33-41-37(40)34(27-21-14-11-8-3)28-22-19-16-13-10-7-2/h34-35H,6-33H2,1-5H3. The maximum absolute atomic E-state index is 13.0. The predicted octanol–water partition coefficient (Wildman–Crippen LogP) is 10.8. The van der Waals surface area contributed by atoms with Gasteiger partial charge in [-0.15, -0.1) is 0 Å². The summed E-state index contributed by atoms with van der Waals surface area (Å²) in [6.07, 6.45) is 29.5. The predicted molar refractivity (Wildman–Crippen MR) is 180 cm³/mol. The summed E-state index contributed by atoms with van der Waals surface area (Å²) in [6.45, 7) is 8.13. The Labute approximate surface area is 262 Å². The minimum Gasteiger partial charge on any atom is -0.465 e. The zero-order chi connectivity index (χ0) is 31.1. The van der Waals surface area contributed by atoms with Gasteiger partial charge in [0.1, 0.15) is 6.10 Å². The van der Waals surface area contributed by atoms with Gasteiger partial charge < -0.3 is 14.4 Å². The highest BCUT2D eigenvalue weighted by Gasteiger charge is 2.20. The second kappa shape index (κ2) is 31.3. The number of hydrogen-bond acceptors (Lipinski definition) is 5. The monoisotopic (exact) mass is 596 g/mol. The van der Waals surface area contributed by atoms with Gasteiger partial charge in [0.25, 0.3) is 0 Å². The van der Waals surface area contributed by atoms with Gasteiger partial charge in [-0.1, -0.05) is 130 Å². The summed E-state index contributed by atoms with van der Waals surface area (Å²) in [5, 5.41) is 0. The van der Waals surface area contributed by atoms with Gasteiger partial charge in [-0.2, -0.15) is 0 Å². The van der Waals surface area contributed by atoms with Gasteiger partial charge >= 0.3 is 11.9 Å². The maximum atomic E-state index is 13.0. The largest absolute Gasteiger partial charge is 0.465 e. The minimum atomic E-state index is -0.0616. The molecule has 0 fully saturated rings. The summed E-state index contributed by atoms with van der Waals surface area (Å²) in [5.41, 5.74) is 0. The SMILES string of the molecule is CCCCCCCCCCC(CCCCOC(=O)C(CCCCCC)CCCCCCCC)OC(=O)CCCN(C)C. The van der Waals surface area contributed by atoms with Gasteiger partial charge in [-0.25, -0.2) is 0 Å². The molecule has 2 atom stereocenters. The minimum absolute atomic E-state index is 0.00771. The number of carbonyl (C=O) groups is 2. The van der Waals surface area contributed by atoms with E-state index in [-0.39, 0.29) is 24.0 Å². The van der Waals surface area contributed by atoms with Crippen molar-refractivity contribution in [3.05, 3.63) is 0 Å². The molecule has 0 saturated carbocycles. The molecule has 0 aliphatic heterocycles. The first-order valence-corrected chi connectivity index (χ1v) is 18.4. The number of nitrogens with zero attached hydrogens (tertiary/aromatic N) is 1. The van der Waals surface area contributed by atoms with Crippen LogP contribution in [0, 0.1) is 5.92 Å². The molecule has 250 valence electrons. The molecule has 0 aromatic carbocycles. The summed E-state index contributed by atoms with van der Waals surface area (Å²) < 4.78 is 11.7. The number of esters is 2. The van der Waals surface area contributed by atoms with E-state index in [0.29, 0.717) is 13.0 Å². The molecule has 0 aliphatic rings. The fourth-order valence-electron chi connectivity index (χ4n) is 5.69. The Bertz CT molecular complexity index is 594. The first kappa shape index (κ1) is 40.9. The fourth-order valence-corrected chi connectivity index (χ4v) is 5.69. The van der Waals surface area contributed by atoms with Crippen LogP contribution in [0.25, 0.3) is 0 Å². The van der Waals surface area contributed by atoms with Crippen molar-refractivity contribution in [2.75, 3.05) is 27.2 Å². The van der Waals surface area contributed by atoms with Crippen molar-refractivity contribution in [3.8, 4) is 0 Å². The van der Waals surface area contributed by atoms with E-state index in [1.54, 1.807) is 0 Å². The quantitative estimate of drug-likeness (QED) is 0.0572. The molecule has 5 heteroatoms. The van der Waals surface area contributed by atoms with E-state index >= 15 is 0 Å². The van der Waals surface area contributed by atoms with Gasteiger partial charge in [-0.05, 0) is 72.0 Å². The van der Waals surface area contributed by atoms with E-state index in [1.807, 2.05) is 14.1 Å². The third-order valence-corrected chi connectivity index (χ3v) is 8.47. The van der Waals surface area contributed by atoms with E-state index in [1.165, 1.54) is 96.3 Å². The second-order valence-electron chi connectivity index (χ2n) is 13.0. The molecule has 0 aliphatic carbocycles. The van der Waals surface area contributed by atoms with Crippen molar-refractivity contribution < 1.29 is 19.1 Å². The average molecular weight is 596 g/mol. The van der Waals surface area contributed by atoms with Crippen LogP contribution in [-0.2, 0) is 19.1 Å². The molecule has 0 aromatic heterocycles. The Hall–Kier alpha value is -1.10. The van der Waals surface area contributed by atoms with Gasteiger partial charge in [0, 0.05) is 6.42 Å². The molecule has 0 spiro atoms. The topological polar surface area (TPSA) is 55.8 Å². The summed E-state index contributed by atoms with van der Waals surface area (Å²) >= 11 is 0. The molecule has 0 N–H and O–H groups in total. The van der Waals surface area contributed by atoms with Gasteiger partial charge in [-0.3, -0.25) is 9.59 Å². The zero-order valence-corrected chi connectivity index (χ0v) is 29.0. The Morgan fingerprint density at radius 2 is 0.976 bits per heavy atom. The van der Waals surface area contributed by atoms with Crippen LogP contribution in [0.2, 0.25) is 0 Å². The fraction of sp³-hybridized carbons (Fsp3) is 0.946. The first-order chi connectivity index (χ1) is 20.4. The Balaban J connectivity index is 4.52. The molecule has 0 aromatic rings. The van der Waals surface area contributed by atoms with Gasteiger partial charge in [0.05, 0.1) is 12.5 Å². The Morgan fingerprint density at radius 1 is 0.548 bits per heavy atom. The Morgan fingerprint density at radius 3 is 1.48 bits per heavy atom. The summed E-state index contributed by atoms with van der Waals surface area (Å²) in [5.74, 6) is 0.0159. The molecule has 0 amide bonds. The normalized spacial score (nSPS) is 12.9. The average Bonchev–Trinajstić information content (AvgIpc) is 2.96. The van der Waals surface area contributed by atoms with Crippen LogP contribution in [-0.4, -0.2) is 50.2 Å². The number of ether oxygens (including phenoxy) is 2. The summed E-state index contributed by atoms with van der Waals surface area (Å²) in [4.78, 5) is 27.6. The molecule has 2 unspecified atom stereocenters. The van der Waals surface area contributed by atoms with Crippen LogP contribution >= 0.6 is 0 Å². The van der Waals surface area contributed by atoms with Crippen molar-refractivity contribution >= 4 is 11.9 Å². The van der Waals surface area contributed by atoms with Crippen LogP contribution < -0.4 is 0 Å².